The average molecular weight is 311 g/mol. The normalized spacial score (nSPS) is 33.1. The van der Waals surface area contributed by atoms with Crippen LogP contribution in [0.4, 0.5) is 0 Å². The molecule has 1 aliphatic heterocycles. The smallest absolute Gasteiger partial charge is 0.188 e. The molecule has 5 N–H and O–H groups in total. The van der Waals surface area contributed by atoms with Crippen molar-refractivity contribution < 1.29 is 35.0 Å². The number of nitrogens with zero attached hydrogens (tertiary/aromatic N) is 1. The Bertz CT molecular complexity index is 527. The van der Waals surface area contributed by atoms with Crippen molar-refractivity contribution in [2.45, 2.75) is 36.8 Å². The molecule has 1 saturated heterocycles. The molecule has 0 radical (unpaired) electrons. The van der Waals surface area contributed by atoms with Crippen molar-refractivity contribution in [2.75, 3.05) is 6.61 Å². The second-order valence-corrected chi connectivity index (χ2v) is 4.93. The lowest BCUT2D eigenvalue weighted by Crippen LogP contribution is -2.59. The minimum Gasteiger partial charge on any atom is -0.508 e. The first-order valence-corrected chi connectivity index (χ1v) is 6.62. The predicted octanol–water partition coefficient (Wildman–Crippen LogP) is -1.23. The van der Waals surface area contributed by atoms with Crippen LogP contribution in [-0.2, 0) is 9.47 Å². The molecule has 8 heteroatoms. The highest BCUT2D eigenvalue weighted by Gasteiger charge is 2.44. The van der Waals surface area contributed by atoms with Crippen LogP contribution >= 0.6 is 0 Å². The summed E-state index contributed by atoms with van der Waals surface area (Å²) in [5.41, 5.74) is 0.414. The van der Waals surface area contributed by atoms with Crippen molar-refractivity contribution in [3.05, 3.63) is 29.8 Å². The number of aliphatic hydroxyl groups excluding tert-OH is 4. The lowest BCUT2D eigenvalue weighted by atomic mass is 9.99. The summed E-state index contributed by atoms with van der Waals surface area (Å²) < 4.78 is 10.5. The third-order valence-corrected chi connectivity index (χ3v) is 3.43. The van der Waals surface area contributed by atoms with Crippen LogP contribution in [0.1, 0.15) is 11.7 Å². The van der Waals surface area contributed by atoms with Crippen molar-refractivity contribution in [2.24, 2.45) is 0 Å². The lowest BCUT2D eigenvalue weighted by Gasteiger charge is -2.40. The van der Waals surface area contributed by atoms with Crippen molar-refractivity contribution >= 4 is 0 Å². The van der Waals surface area contributed by atoms with E-state index in [9.17, 15) is 25.7 Å². The summed E-state index contributed by atoms with van der Waals surface area (Å²) in [4.78, 5) is 0. The second-order valence-electron chi connectivity index (χ2n) is 4.93. The second kappa shape index (κ2) is 7.02. The Morgan fingerprint density at radius 2 is 1.77 bits per heavy atom. The number of hydrogen-bond acceptors (Lipinski definition) is 8. The molecule has 6 unspecified atom stereocenters. The summed E-state index contributed by atoms with van der Waals surface area (Å²) >= 11 is 0. The molecule has 0 spiro atoms. The summed E-state index contributed by atoms with van der Waals surface area (Å²) in [6, 6.07) is 7.54. The van der Waals surface area contributed by atoms with Gasteiger partial charge in [0.1, 0.15) is 30.2 Å². The van der Waals surface area contributed by atoms with E-state index in [4.69, 9.17) is 14.6 Å². The van der Waals surface area contributed by atoms with Gasteiger partial charge in [-0.05, 0) is 17.7 Å². The van der Waals surface area contributed by atoms with Gasteiger partial charge in [0.15, 0.2) is 12.4 Å². The Kier molecular flexibility index (Phi) is 5.31. The summed E-state index contributed by atoms with van der Waals surface area (Å²) in [5.74, 6) is 0.0216. The lowest BCUT2D eigenvalue weighted by molar-refractivity contribution is -0.307. The fourth-order valence-electron chi connectivity index (χ4n) is 2.15. The number of aromatic hydroxyl groups is 1. The number of hydrogen-bond donors (Lipinski definition) is 5. The maximum atomic E-state index is 9.87. The van der Waals surface area contributed by atoms with E-state index in [2.05, 4.69) is 0 Å². The van der Waals surface area contributed by atoms with Gasteiger partial charge in [-0.3, -0.25) is 0 Å². The molecule has 6 atom stereocenters. The van der Waals surface area contributed by atoms with E-state index in [1.807, 2.05) is 6.07 Å². The highest BCUT2D eigenvalue weighted by Crippen LogP contribution is 2.27. The van der Waals surface area contributed by atoms with Crippen LogP contribution in [0.3, 0.4) is 0 Å². The zero-order chi connectivity index (χ0) is 16.3. The van der Waals surface area contributed by atoms with Gasteiger partial charge in [-0.15, -0.1) is 0 Å². The third-order valence-electron chi connectivity index (χ3n) is 3.43. The van der Waals surface area contributed by atoms with Crippen LogP contribution < -0.4 is 0 Å². The van der Waals surface area contributed by atoms with Crippen molar-refractivity contribution in [3.8, 4) is 11.8 Å². The van der Waals surface area contributed by atoms with Gasteiger partial charge in [0.2, 0.25) is 0 Å². The quantitative estimate of drug-likeness (QED) is 0.465. The largest absolute Gasteiger partial charge is 0.508 e. The maximum Gasteiger partial charge on any atom is 0.188 e. The van der Waals surface area contributed by atoms with Gasteiger partial charge in [0.05, 0.1) is 12.7 Å². The van der Waals surface area contributed by atoms with E-state index in [-0.39, 0.29) is 5.75 Å². The Morgan fingerprint density at radius 1 is 1.14 bits per heavy atom. The molecule has 1 heterocycles. The monoisotopic (exact) mass is 311 g/mol. The standard InChI is InChI=1S/C14H17NO7/c15-5-9(7-1-3-8(17)4-2-7)21-14-13(20)12(19)11(18)10(6-16)22-14/h1-4,9-14,16-20H,6H2. The Balaban J connectivity index is 2.13. The first-order valence-electron chi connectivity index (χ1n) is 6.62. The molecule has 1 aliphatic rings. The molecule has 22 heavy (non-hydrogen) atoms. The molecule has 0 aliphatic carbocycles. The highest BCUT2D eigenvalue weighted by atomic mass is 16.7. The minimum absolute atomic E-state index is 0.0216. The number of ether oxygens (including phenoxy) is 2. The van der Waals surface area contributed by atoms with Gasteiger partial charge in [0, 0.05) is 0 Å². The van der Waals surface area contributed by atoms with E-state index in [0.29, 0.717) is 5.56 Å². The highest BCUT2D eigenvalue weighted by molar-refractivity contribution is 5.29. The Hall–Kier alpha value is -1.73. The molecule has 1 aromatic carbocycles. The minimum atomic E-state index is -1.58. The molecule has 0 bridgehead atoms. The fraction of sp³-hybridized carbons (Fsp3) is 0.500. The third kappa shape index (κ3) is 3.36. The topological polar surface area (TPSA) is 143 Å². The summed E-state index contributed by atoms with van der Waals surface area (Å²) in [6.45, 7) is -0.582. The van der Waals surface area contributed by atoms with E-state index in [0.717, 1.165) is 0 Å². The Morgan fingerprint density at radius 3 is 2.32 bits per heavy atom. The van der Waals surface area contributed by atoms with E-state index in [1.54, 1.807) is 0 Å². The first-order chi connectivity index (χ1) is 10.5. The molecule has 1 fully saturated rings. The molecule has 0 aromatic heterocycles. The predicted molar refractivity (Wildman–Crippen MR) is 71.3 cm³/mol. The van der Waals surface area contributed by atoms with Crippen molar-refractivity contribution in [1.29, 1.82) is 5.26 Å². The first kappa shape index (κ1) is 16.6. The molecule has 2 rings (SSSR count). The number of rotatable bonds is 4. The number of benzene rings is 1. The Labute approximate surface area is 126 Å². The summed E-state index contributed by atoms with van der Waals surface area (Å²) in [6.07, 6.45) is -8.27. The van der Waals surface area contributed by atoms with Crippen LogP contribution in [0.5, 0.6) is 5.75 Å². The summed E-state index contributed by atoms with van der Waals surface area (Å²) in [5, 5.41) is 56.7. The van der Waals surface area contributed by atoms with E-state index < -0.39 is 43.4 Å². The molecule has 1 aromatic rings. The van der Waals surface area contributed by atoms with Gasteiger partial charge in [0.25, 0.3) is 0 Å². The van der Waals surface area contributed by atoms with Crippen LogP contribution in [0.25, 0.3) is 0 Å². The molecule has 0 saturated carbocycles. The van der Waals surface area contributed by atoms with Gasteiger partial charge in [-0.25, -0.2) is 0 Å². The van der Waals surface area contributed by atoms with E-state index >= 15 is 0 Å². The molecular formula is C14H17NO7. The van der Waals surface area contributed by atoms with Crippen molar-refractivity contribution in [1.82, 2.24) is 0 Å². The fourth-order valence-corrected chi connectivity index (χ4v) is 2.15. The van der Waals surface area contributed by atoms with Crippen LogP contribution in [-0.4, -0.2) is 62.8 Å². The van der Waals surface area contributed by atoms with Gasteiger partial charge in [-0.1, -0.05) is 12.1 Å². The van der Waals surface area contributed by atoms with Crippen LogP contribution in [0.2, 0.25) is 0 Å². The number of nitriles is 1. The number of phenolic OH excluding ortho intramolecular Hbond substituents is 1. The van der Waals surface area contributed by atoms with Gasteiger partial charge < -0.3 is 35.0 Å². The van der Waals surface area contributed by atoms with Gasteiger partial charge in [-0.2, -0.15) is 5.26 Å². The van der Waals surface area contributed by atoms with Gasteiger partial charge >= 0.3 is 0 Å². The maximum absolute atomic E-state index is 9.87. The molecular weight excluding hydrogens is 294 g/mol. The molecule has 0 amide bonds. The summed E-state index contributed by atoms with van der Waals surface area (Å²) in [7, 11) is 0. The van der Waals surface area contributed by atoms with Crippen LogP contribution in [0, 0.1) is 11.3 Å². The van der Waals surface area contributed by atoms with E-state index in [1.165, 1.54) is 24.3 Å². The number of aliphatic hydroxyl groups is 4. The van der Waals surface area contributed by atoms with Crippen molar-refractivity contribution in [3.63, 3.8) is 0 Å². The zero-order valence-corrected chi connectivity index (χ0v) is 11.5. The molecule has 8 nitrogen and oxygen atoms in total. The SMILES string of the molecule is N#CC(OC1OC(CO)C(O)C(O)C1O)c1ccc(O)cc1. The zero-order valence-electron chi connectivity index (χ0n) is 11.5. The molecule has 120 valence electrons. The average Bonchev–Trinajstić information content (AvgIpc) is 2.53. The number of phenols is 1. The van der Waals surface area contributed by atoms with Crippen LogP contribution in [0.15, 0.2) is 24.3 Å².